The molecule has 1 aliphatic rings. The van der Waals surface area contributed by atoms with Crippen LogP contribution in [0.2, 0.25) is 0 Å². The number of aromatic nitrogens is 1. The van der Waals surface area contributed by atoms with Gasteiger partial charge >= 0.3 is 7.12 Å². The van der Waals surface area contributed by atoms with Gasteiger partial charge < -0.3 is 14.6 Å². The van der Waals surface area contributed by atoms with Crippen molar-refractivity contribution in [1.29, 1.82) is 0 Å². The number of pyridine rings is 1. The van der Waals surface area contributed by atoms with Gasteiger partial charge in [-0.1, -0.05) is 0 Å². The molecule has 1 fully saturated rings. The molecule has 6 heteroatoms. The lowest BCUT2D eigenvalue weighted by atomic mass is 9.79. The van der Waals surface area contributed by atoms with E-state index in [4.69, 9.17) is 9.31 Å². The Bertz CT molecular complexity index is 527. The van der Waals surface area contributed by atoms with E-state index < -0.39 is 18.3 Å². The standard InChI is InChI=1S/C14H21BN2O3/c1-9-7-8-17-11(10(9)12(18)16-6)15-19-13(2,3)14(4,5)20-15/h7-8H,1-6H3,(H,16,18). The average Bonchev–Trinajstić information content (AvgIpc) is 2.57. The summed E-state index contributed by atoms with van der Waals surface area (Å²) in [4.78, 5) is 16.4. The Hall–Kier alpha value is -1.40. The molecular formula is C14H21BN2O3. The molecular weight excluding hydrogens is 255 g/mol. The fraction of sp³-hybridized carbons (Fsp3) is 0.571. The normalized spacial score (nSPS) is 20.0. The molecule has 1 aliphatic heterocycles. The predicted octanol–water partition coefficient (Wildman–Crippen LogP) is 1.05. The van der Waals surface area contributed by atoms with E-state index in [-0.39, 0.29) is 5.91 Å². The molecule has 0 radical (unpaired) electrons. The minimum Gasteiger partial charge on any atom is -0.398 e. The lowest BCUT2D eigenvalue weighted by Gasteiger charge is -2.32. The summed E-state index contributed by atoms with van der Waals surface area (Å²) in [6.45, 7) is 9.77. The van der Waals surface area contributed by atoms with Gasteiger partial charge in [-0.25, -0.2) is 0 Å². The van der Waals surface area contributed by atoms with Gasteiger partial charge in [-0.15, -0.1) is 0 Å². The van der Waals surface area contributed by atoms with Crippen molar-refractivity contribution in [2.75, 3.05) is 7.05 Å². The molecule has 1 amide bonds. The number of rotatable bonds is 2. The summed E-state index contributed by atoms with van der Waals surface area (Å²) in [5.74, 6) is -0.180. The molecule has 1 aromatic heterocycles. The Balaban J connectivity index is 2.46. The van der Waals surface area contributed by atoms with E-state index in [2.05, 4.69) is 10.3 Å². The smallest absolute Gasteiger partial charge is 0.398 e. The molecule has 20 heavy (non-hydrogen) atoms. The van der Waals surface area contributed by atoms with Crippen LogP contribution in [0.4, 0.5) is 0 Å². The number of hydrogen-bond acceptors (Lipinski definition) is 4. The van der Waals surface area contributed by atoms with Crippen LogP contribution in [0.5, 0.6) is 0 Å². The lowest BCUT2D eigenvalue weighted by molar-refractivity contribution is 0.00578. The largest absolute Gasteiger partial charge is 0.515 e. The van der Waals surface area contributed by atoms with Gasteiger partial charge in [0.05, 0.1) is 22.4 Å². The molecule has 2 heterocycles. The van der Waals surface area contributed by atoms with Crippen LogP contribution in [0, 0.1) is 6.92 Å². The van der Waals surface area contributed by atoms with Crippen LogP contribution < -0.4 is 10.9 Å². The van der Waals surface area contributed by atoms with E-state index >= 15 is 0 Å². The first-order chi connectivity index (χ1) is 9.19. The Kier molecular flexibility index (Phi) is 3.65. The SMILES string of the molecule is CNC(=O)c1c(C)ccnc1B1OC(C)(C)C(C)(C)O1. The second-order valence-corrected chi connectivity index (χ2v) is 6.06. The number of nitrogens with zero attached hydrogens (tertiary/aromatic N) is 1. The zero-order valence-corrected chi connectivity index (χ0v) is 12.9. The van der Waals surface area contributed by atoms with E-state index in [0.29, 0.717) is 11.2 Å². The van der Waals surface area contributed by atoms with E-state index in [1.165, 1.54) is 0 Å². The fourth-order valence-corrected chi connectivity index (χ4v) is 2.13. The summed E-state index contributed by atoms with van der Waals surface area (Å²) in [6, 6.07) is 1.80. The van der Waals surface area contributed by atoms with Gasteiger partial charge in [-0.2, -0.15) is 0 Å². The van der Waals surface area contributed by atoms with Gasteiger partial charge in [0.15, 0.2) is 0 Å². The highest BCUT2D eigenvalue weighted by atomic mass is 16.7. The quantitative estimate of drug-likeness (QED) is 0.820. The Labute approximate surface area is 120 Å². The second kappa shape index (κ2) is 4.86. The fourth-order valence-electron chi connectivity index (χ4n) is 2.13. The van der Waals surface area contributed by atoms with Crippen molar-refractivity contribution in [2.24, 2.45) is 0 Å². The molecule has 1 aromatic rings. The van der Waals surface area contributed by atoms with Gasteiger partial charge in [-0.3, -0.25) is 9.78 Å². The number of aryl methyl sites for hydroxylation is 1. The van der Waals surface area contributed by atoms with E-state index in [9.17, 15) is 4.79 Å². The van der Waals surface area contributed by atoms with Crippen molar-refractivity contribution < 1.29 is 14.1 Å². The first-order valence-electron chi connectivity index (χ1n) is 6.73. The van der Waals surface area contributed by atoms with E-state index in [1.54, 1.807) is 19.3 Å². The summed E-state index contributed by atoms with van der Waals surface area (Å²) >= 11 is 0. The highest BCUT2D eigenvalue weighted by Crippen LogP contribution is 2.36. The number of hydrogen-bond donors (Lipinski definition) is 1. The highest BCUT2D eigenvalue weighted by Gasteiger charge is 2.53. The van der Waals surface area contributed by atoms with Gasteiger partial charge in [-0.05, 0) is 46.2 Å². The number of amides is 1. The Morgan fingerprint density at radius 2 is 1.80 bits per heavy atom. The molecule has 5 nitrogen and oxygen atoms in total. The topological polar surface area (TPSA) is 60.5 Å². The van der Waals surface area contributed by atoms with Gasteiger partial charge in [0.2, 0.25) is 0 Å². The van der Waals surface area contributed by atoms with Crippen molar-refractivity contribution in [3.63, 3.8) is 0 Å². The maximum Gasteiger partial charge on any atom is 0.515 e. The van der Waals surface area contributed by atoms with Crippen LogP contribution in [0.15, 0.2) is 12.3 Å². The summed E-state index contributed by atoms with van der Waals surface area (Å²) in [5.41, 5.74) is 0.993. The first-order valence-corrected chi connectivity index (χ1v) is 6.73. The number of carbonyl (C=O) groups excluding carboxylic acids is 1. The highest BCUT2D eigenvalue weighted by molar-refractivity contribution is 6.62. The van der Waals surface area contributed by atoms with Crippen LogP contribution in [-0.4, -0.2) is 36.3 Å². The summed E-state index contributed by atoms with van der Waals surface area (Å²) in [6.07, 6.45) is 1.67. The molecule has 0 atom stereocenters. The van der Waals surface area contributed by atoms with Gasteiger partial charge in [0, 0.05) is 13.2 Å². The zero-order chi connectivity index (χ0) is 15.1. The van der Waals surface area contributed by atoms with Crippen molar-refractivity contribution in [2.45, 2.75) is 45.8 Å². The van der Waals surface area contributed by atoms with Crippen molar-refractivity contribution in [3.05, 3.63) is 23.4 Å². The molecule has 108 valence electrons. The molecule has 0 aromatic carbocycles. The van der Waals surface area contributed by atoms with Crippen LogP contribution in [0.1, 0.15) is 43.6 Å². The minimum absolute atomic E-state index is 0.180. The van der Waals surface area contributed by atoms with Crippen LogP contribution >= 0.6 is 0 Å². The molecule has 0 saturated carbocycles. The second-order valence-electron chi connectivity index (χ2n) is 6.06. The Morgan fingerprint density at radius 1 is 1.25 bits per heavy atom. The summed E-state index contributed by atoms with van der Waals surface area (Å²) < 4.78 is 12.0. The van der Waals surface area contributed by atoms with Crippen molar-refractivity contribution in [1.82, 2.24) is 10.3 Å². The van der Waals surface area contributed by atoms with Crippen LogP contribution in [0.3, 0.4) is 0 Å². The number of carbonyl (C=O) groups is 1. The Morgan fingerprint density at radius 3 is 2.30 bits per heavy atom. The van der Waals surface area contributed by atoms with Crippen molar-refractivity contribution in [3.8, 4) is 0 Å². The van der Waals surface area contributed by atoms with E-state index in [1.807, 2.05) is 34.6 Å². The zero-order valence-electron chi connectivity index (χ0n) is 12.9. The molecule has 0 spiro atoms. The van der Waals surface area contributed by atoms with Gasteiger partial charge in [0.1, 0.15) is 0 Å². The molecule has 1 N–H and O–H groups in total. The van der Waals surface area contributed by atoms with Crippen LogP contribution in [0.25, 0.3) is 0 Å². The summed E-state index contributed by atoms with van der Waals surface area (Å²) in [5, 5.41) is 2.64. The summed E-state index contributed by atoms with van der Waals surface area (Å²) in [7, 11) is 0.968. The lowest BCUT2D eigenvalue weighted by Crippen LogP contribution is -2.42. The molecule has 0 bridgehead atoms. The molecule has 0 unspecified atom stereocenters. The predicted molar refractivity (Wildman–Crippen MR) is 78.1 cm³/mol. The maximum atomic E-state index is 12.1. The third-order valence-corrected chi connectivity index (χ3v) is 4.12. The monoisotopic (exact) mass is 276 g/mol. The van der Waals surface area contributed by atoms with Crippen molar-refractivity contribution >= 4 is 18.6 Å². The van der Waals surface area contributed by atoms with Gasteiger partial charge in [0.25, 0.3) is 5.91 Å². The molecule has 1 saturated heterocycles. The third-order valence-electron chi connectivity index (χ3n) is 4.12. The third kappa shape index (κ3) is 2.34. The van der Waals surface area contributed by atoms with E-state index in [0.717, 1.165) is 5.56 Å². The number of nitrogens with one attached hydrogen (secondary N) is 1. The first kappa shape index (κ1) is 15.0. The minimum atomic E-state index is -0.632. The average molecular weight is 276 g/mol. The van der Waals surface area contributed by atoms with Crippen LogP contribution in [-0.2, 0) is 9.31 Å². The molecule has 2 rings (SSSR count). The molecule has 0 aliphatic carbocycles. The maximum absolute atomic E-state index is 12.1.